The van der Waals surface area contributed by atoms with E-state index in [0.29, 0.717) is 5.92 Å². The van der Waals surface area contributed by atoms with Crippen LogP contribution in [0.3, 0.4) is 0 Å². The van der Waals surface area contributed by atoms with Crippen LogP contribution in [0.15, 0.2) is 23.3 Å². The van der Waals surface area contributed by atoms with Gasteiger partial charge in [0.1, 0.15) is 0 Å². The van der Waals surface area contributed by atoms with Gasteiger partial charge in [-0.25, -0.2) is 0 Å². The van der Waals surface area contributed by atoms with E-state index < -0.39 is 0 Å². The minimum atomic E-state index is -0.105. The molecule has 1 atom stereocenters. The van der Waals surface area contributed by atoms with Crippen LogP contribution in [-0.2, 0) is 4.79 Å². The fraction of sp³-hybridized carbons (Fsp3) is 0.706. The van der Waals surface area contributed by atoms with Crippen molar-refractivity contribution >= 4 is 5.91 Å². The Hall–Kier alpha value is -1.05. The van der Waals surface area contributed by atoms with Gasteiger partial charge in [-0.3, -0.25) is 4.79 Å². The van der Waals surface area contributed by atoms with Crippen LogP contribution in [0.25, 0.3) is 0 Å². The molecule has 1 aliphatic carbocycles. The third-order valence-corrected chi connectivity index (χ3v) is 4.07. The van der Waals surface area contributed by atoms with Crippen molar-refractivity contribution in [1.82, 2.24) is 4.90 Å². The van der Waals surface area contributed by atoms with Gasteiger partial charge >= 0.3 is 0 Å². The second-order valence-corrected chi connectivity index (χ2v) is 6.77. The first-order valence-corrected chi connectivity index (χ1v) is 7.32. The minimum Gasteiger partial charge on any atom is -0.334 e. The lowest BCUT2D eigenvalue weighted by molar-refractivity contribution is -0.132. The highest BCUT2D eigenvalue weighted by atomic mass is 16.2. The molecule has 0 fully saturated rings. The Labute approximate surface area is 118 Å². The van der Waals surface area contributed by atoms with Crippen molar-refractivity contribution in [3.63, 3.8) is 0 Å². The summed E-state index contributed by atoms with van der Waals surface area (Å²) in [6.45, 7) is 13.1. The van der Waals surface area contributed by atoms with Crippen LogP contribution < -0.4 is 0 Å². The highest BCUT2D eigenvalue weighted by molar-refractivity contribution is 5.74. The molecule has 1 amide bonds. The van der Waals surface area contributed by atoms with E-state index in [4.69, 9.17) is 0 Å². The Morgan fingerprint density at radius 2 is 2.05 bits per heavy atom. The molecule has 0 aromatic rings. The topological polar surface area (TPSA) is 20.3 Å². The number of hydrogen-bond acceptors (Lipinski definition) is 1. The van der Waals surface area contributed by atoms with Crippen LogP contribution in [0, 0.1) is 5.92 Å². The van der Waals surface area contributed by atoms with E-state index >= 15 is 0 Å². The van der Waals surface area contributed by atoms with Gasteiger partial charge in [-0.15, -0.1) is 0 Å². The molecule has 1 rings (SSSR count). The maximum atomic E-state index is 11.7. The molecule has 2 nitrogen and oxygen atoms in total. The first-order valence-electron chi connectivity index (χ1n) is 7.32. The third-order valence-electron chi connectivity index (χ3n) is 4.07. The van der Waals surface area contributed by atoms with Gasteiger partial charge in [0.15, 0.2) is 0 Å². The van der Waals surface area contributed by atoms with E-state index in [0.717, 1.165) is 13.0 Å². The zero-order chi connectivity index (χ0) is 14.6. The maximum Gasteiger partial charge on any atom is 0.220 e. The third kappa shape index (κ3) is 4.85. The van der Waals surface area contributed by atoms with Crippen LogP contribution in [-0.4, -0.2) is 22.9 Å². The van der Waals surface area contributed by atoms with E-state index in [1.165, 1.54) is 24.0 Å². The molecule has 0 radical (unpaired) electrons. The second-order valence-electron chi connectivity index (χ2n) is 6.77. The van der Waals surface area contributed by atoms with Crippen molar-refractivity contribution in [3.8, 4) is 0 Å². The SMILES string of the molecule is CC(=O)N(C/C=C(/C)C1CC=C(C)CC1)C(C)(C)C. The van der Waals surface area contributed by atoms with Gasteiger partial charge in [-0.05, 0) is 59.8 Å². The number of carbonyl (C=O) groups excluding carboxylic acids is 1. The Kier molecular flexibility index (Phi) is 5.39. The average molecular weight is 263 g/mol. The summed E-state index contributed by atoms with van der Waals surface area (Å²) in [5.41, 5.74) is 2.84. The second kappa shape index (κ2) is 6.40. The van der Waals surface area contributed by atoms with Crippen LogP contribution in [0.2, 0.25) is 0 Å². The molecule has 1 aliphatic rings. The van der Waals surface area contributed by atoms with Crippen molar-refractivity contribution in [3.05, 3.63) is 23.3 Å². The van der Waals surface area contributed by atoms with Crippen molar-refractivity contribution < 1.29 is 4.79 Å². The summed E-state index contributed by atoms with van der Waals surface area (Å²) in [6, 6.07) is 0. The van der Waals surface area contributed by atoms with Gasteiger partial charge in [-0.1, -0.05) is 23.3 Å². The fourth-order valence-corrected chi connectivity index (χ4v) is 2.66. The first kappa shape index (κ1) is 16.0. The average Bonchev–Trinajstić information content (AvgIpc) is 2.27. The largest absolute Gasteiger partial charge is 0.334 e. The van der Waals surface area contributed by atoms with Crippen LogP contribution in [0.5, 0.6) is 0 Å². The van der Waals surface area contributed by atoms with E-state index in [9.17, 15) is 4.79 Å². The monoisotopic (exact) mass is 263 g/mol. The zero-order valence-corrected chi connectivity index (χ0v) is 13.4. The molecule has 0 aromatic carbocycles. The quantitative estimate of drug-likeness (QED) is 0.694. The Morgan fingerprint density at radius 1 is 1.42 bits per heavy atom. The Morgan fingerprint density at radius 3 is 2.47 bits per heavy atom. The zero-order valence-electron chi connectivity index (χ0n) is 13.4. The smallest absolute Gasteiger partial charge is 0.220 e. The molecule has 0 saturated heterocycles. The standard InChI is InChI=1S/C17H29NO/c1-13-7-9-16(10-8-13)14(2)11-12-18(15(3)19)17(4,5)6/h7,11,16H,8-10,12H2,1-6H3/b14-11-. The molecule has 19 heavy (non-hydrogen) atoms. The molecule has 0 heterocycles. The Bertz CT molecular complexity index is 385. The number of rotatable bonds is 3. The number of nitrogens with zero attached hydrogens (tertiary/aromatic N) is 1. The molecule has 0 N–H and O–H groups in total. The van der Waals surface area contributed by atoms with E-state index in [1.54, 1.807) is 6.92 Å². The molecule has 108 valence electrons. The van der Waals surface area contributed by atoms with Gasteiger partial charge in [0.05, 0.1) is 0 Å². The lowest BCUT2D eigenvalue weighted by Gasteiger charge is -2.34. The number of amides is 1. The van der Waals surface area contributed by atoms with E-state index in [2.05, 4.69) is 46.8 Å². The van der Waals surface area contributed by atoms with E-state index in [1.807, 2.05) is 4.90 Å². The van der Waals surface area contributed by atoms with Gasteiger partial charge in [-0.2, -0.15) is 0 Å². The van der Waals surface area contributed by atoms with Gasteiger partial charge < -0.3 is 4.90 Å². The highest BCUT2D eigenvalue weighted by Crippen LogP contribution is 2.28. The lowest BCUT2D eigenvalue weighted by atomic mass is 9.85. The van der Waals surface area contributed by atoms with Gasteiger partial charge in [0.25, 0.3) is 0 Å². The highest BCUT2D eigenvalue weighted by Gasteiger charge is 2.23. The van der Waals surface area contributed by atoms with Crippen molar-refractivity contribution in [1.29, 1.82) is 0 Å². The van der Waals surface area contributed by atoms with Crippen LogP contribution in [0.1, 0.15) is 60.8 Å². The number of allylic oxidation sites excluding steroid dienone is 3. The summed E-state index contributed by atoms with van der Waals surface area (Å²) < 4.78 is 0. The maximum absolute atomic E-state index is 11.7. The molecule has 0 bridgehead atoms. The molecule has 0 spiro atoms. The van der Waals surface area contributed by atoms with E-state index in [-0.39, 0.29) is 11.4 Å². The summed E-state index contributed by atoms with van der Waals surface area (Å²) in [6.07, 6.45) is 8.22. The molecule has 0 aromatic heterocycles. The molecule has 0 saturated carbocycles. The van der Waals surface area contributed by atoms with Crippen LogP contribution in [0.4, 0.5) is 0 Å². The number of hydrogen-bond donors (Lipinski definition) is 0. The molecule has 1 unspecified atom stereocenters. The number of carbonyl (C=O) groups is 1. The summed E-state index contributed by atoms with van der Waals surface area (Å²) in [5.74, 6) is 0.813. The van der Waals surface area contributed by atoms with Crippen molar-refractivity contribution in [2.45, 2.75) is 66.3 Å². The minimum absolute atomic E-state index is 0.105. The lowest BCUT2D eigenvalue weighted by Crippen LogP contribution is -2.44. The molecule has 2 heteroatoms. The Balaban J connectivity index is 2.66. The summed E-state index contributed by atoms with van der Waals surface area (Å²) in [4.78, 5) is 13.6. The predicted molar refractivity (Wildman–Crippen MR) is 82.0 cm³/mol. The summed E-state index contributed by atoms with van der Waals surface area (Å²) in [5, 5.41) is 0. The normalized spacial score (nSPS) is 21.1. The predicted octanol–water partition coefficient (Wildman–Crippen LogP) is 4.33. The molecular formula is C17H29NO. The first-order chi connectivity index (χ1) is 8.71. The van der Waals surface area contributed by atoms with Crippen molar-refractivity contribution in [2.24, 2.45) is 5.92 Å². The van der Waals surface area contributed by atoms with Crippen LogP contribution >= 0.6 is 0 Å². The summed E-state index contributed by atoms with van der Waals surface area (Å²) >= 11 is 0. The van der Waals surface area contributed by atoms with Crippen molar-refractivity contribution in [2.75, 3.05) is 6.54 Å². The molecule has 0 aliphatic heterocycles. The van der Waals surface area contributed by atoms with Gasteiger partial charge in [0.2, 0.25) is 5.91 Å². The van der Waals surface area contributed by atoms with Gasteiger partial charge in [0, 0.05) is 19.0 Å². The summed E-state index contributed by atoms with van der Waals surface area (Å²) in [7, 11) is 0. The fourth-order valence-electron chi connectivity index (χ4n) is 2.66. The molecular weight excluding hydrogens is 234 g/mol.